The molecule has 2 heterocycles. The number of rotatable bonds is 4. The number of nitrogens with one attached hydrogen (secondary N) is 2. The zero-order valence-electron chi connectivity index (χ0n) is 26.5. The van der Waals surface area contributed by atoms with E-state index in [2.05, 4.69) is 116 Å². The van der Waals surface area contributed by atoms with E-state index in [0.717, 1.165) is 63.7 Å². The van der Waals surface area contributed by atoms with E-state index < -0.39 is 5.60 Å². The average molecular weight is 662 g/mol. The highest BCUT2D eigenvalue weighted by Crippen LogP contribution is 2.19. The van der Waals surface area contributed by atoms with Crippen molar-refractivity contribution < 1.29 is 9.53 Å². The Morgan fingerprint density at radius 2 is 1.36 bits per heavy atom. The number of benzene rings is 4. The Morgan fingerprint density at radius 1 is 0.841 bits per heavy atom. The van der Waals surface area contributed by atoms with Crippen molar-refractivity contribution in [2.75, 3.05) is 26.2 Å². The van der Waals surface area contributed by atoms with Crippen molar-refractivity contribution in [3.05, 3.63) is 96.1 Å². The minimum atomic E-state index is -0.406. The Labute approximate surface area is 271 Å². The maximum absolute atomic E-state index is 11.4. The molecule has 0 radical (unpaired) electrons. The molecule has 2 aliphatic heterocycles. The lowest BCUT2D eigenvalue weighted by Crippen LogP contribution is -2.44. The molecule has 2 fully saturated rings. The molecule has 6 rings (SSSR count). The summed E-state index contributed by atoms with van der Waals surface area (Å²) in [6, 6.07) is 30.9. The van der Waals surface area contributed by atoms with Crippen LogP contribution in [0.1, 0.15) is 57.6 Å². The van der Waals surface area contributed by atoms with Crippen LogP contribution in [0.4, 0.5) is 4.79 Å². The lowest BCUT2D eigenvalue weighted by atomic mass is 10.0. The molecule has 7 heteroatoms. The van der Waals surface area contributed by atoms with Crippen molar-refractivity contribution in [3.8, 4) is 0 Å². The van der Waals surface area contributed by atoms with E-state index in [1.54, 1.807) is 0 Å². The van der Waals surface area contributed by atoms with E-state index in [1.165, 1.54) is 32.7 Å². The van der Waals surface area contributed by atoms with Crippen molar-refractivity contribution in [1.82, 2.24) is 15.5 Å². The molecule has 0 aromatic heterocycles. The second-order valence-electron chi connectivity index (χ2n) is 12.8. The van der Waals surface area contributed by atoms with Gasteiger partial charge in [-0.1, -0.05) is 94.8 Å². The number of hydrogen-bond donors (Lipinski definition) is 3. The number of nitrogens with two attached hydrogens (primary N) is 1. The molecule has 236 valence electrons. The number of nitrogens with zero attached hydrogens (tertiary/aromatic N) is 1. The molecule has 0 atom stereocenters. The van der Waals surface area contributed by atoms with Crippen molar-refractivity contribution >= 4 is 43.6 Å². The Kier molecular flexibility index (Phi) is 13.0. The number of alkyl carbamates (subject to hydrolysis) is 1. The zero-order chi connectivity index (χ0) is 31.4. The van der Waals surface area contributed by atoms with Crippen LogP contribution in [0, 0.1) is 0 Å². The summed E-state index contributed by atoms with van der Waals surface area (Å²) in [4.78, 5) is 13.9. The zero-order valence-corrected chi connectivity index (χ0v) is 28.1. The van der Waals surface area contributed by atoms with Crippen LogP contribution in [-0.4, -0.2) is 54.9 Å². The Morgan fingerprint density at radius 3 is 1.91 bits per heavy atom. The van der Waals surface area contributed by atoms with Gasteiger partial charge in [0.05, 0.1) is 0 Å². The Balaban J connectivity index is 0.000000154. The maximum atomic E-state index is 11.4. The molecule has 44 heavy (non-hydrogen) atoms. The summed E-state index contributed by atoms with van der Waals surface area (Å²) in [5, 5.41) is 12.3. The van der Waals surface area contributed by atoms with Gasteiger partial charge in [0.15, 0.2) is 0 Å². The normalized spacial score (nSPS) is 16.4. The fourth-order valence-corrected chi connectivity index (χ4v) is 5.82. The number of amides is 1. The predicted octanol–water partition coefficient (Wildman–Crippen LogP) is 7.76. The van der Waals surface area contributed by atoms with Gasteiger partial charge < -0.3 is 21.1 Å². The first-order valence-corrected chi connectivity index (χ1v) is 17.0. The molecule has 4 N–H and O–H groups in total. The minimum Gasteiger partial charge on any atom is -0.444 e. The van der Waals surface area contributed by atoms with Crippen LogP contribution in [0.15, 0.2) is 84.9 Å². The molecule has 2 aliphatic rings. The van der Waals surface area contributed by atoms with Crippen LogP contribution in [0.5, 0.6) is 0 Å². The van der Waals surface area contributed by atoms with Gasteiger partial charge in [0, 0.05) is 24.0 Å². The molecular weight excluding hydrogens is 612 g/mol. The molecule has 0 saturated carbocycles. The molecule has 0 bridgehead atoms. The summed E-state index contributed by atoms with van der Waals surface area (Å²) in [5.41, 5.74) is 8.27. The number of ether oxygens (including phenoxy) is 1. The van der Waals surface area contributed by atoms with Crippen LogP contribution in [0.25, 0.3) is 21.5 Å². The van der Waals surface area contributed by atoms with E-state index in [9.17, 15) is 4.79 Å². The highest BCUT2D eigenvalue weighted by Gasteiger charge is 2.20. The van der Waals surface area contributed by atoms with Gasteiger partial charge in [-0.05, 0) is 111 Å². The molecule has 4 aromatic carbocycles. The summed E-state index contributed by atoms with van der Waals surface area (Å²) in [6.45, 7) is 10.9. The quantitative estimate of drug-likeness (QED) is 0.195. The summed E-state index contributed by atoms with van der Waals surface area (Å²) < 4.78 is 5.17. The van der Waals surface area contributed by atoms with E-state index in [1.807, 2.05) is 20.8 Å². The Bertz CT molecular complexity index is 1460. The van der Waals surface area contributed by atoms with Gasteiger partial charge in [-0.2, -0.15) is 0 Å². The Hall–Kier alpha value is -2.97. The summed E-state index contributed by atoms with van der Waals surface area (Å²) >= 11 is 3.44. The topological polar surface area (TPSA) is 79.6 Å². The number of likely N-dealkylation sites (tertiary alicyclic amines) is 1. The number of fused-ring (bicyclic) bond motifs is 2. The first-order valence-electron chi connectivity index (χ1n) is 15.9. The minimum absolute atomic E-state index is 0.270. The van der Waals surface area contributed by atoms with Crippen LogP contribution in [-0.2, 0) is 16.6 Å². The number of hydrogen-bond acceptors (Lipinski definition) is 5. The molecule has 0 unspecified atom stereocenters. The predicted molar refractivity (Wildman–Crippen MR) is 188 cm³/mol. The van der Waals surface area contributed by atoms with Gasteiger partial charge in [0.2, 0.25) is 0 Å². The lowest BCUT2D eigenvalue weighted by Gasteiger charge is -2.30. The van der Waals surface area contributed by atoms with E-state index in [0.29, 0.717) is 6.04 Å². The fraction of sp³-hybridized carbons (Fsp3) is 0.432. The van der Waals surface area contributed by atoms with Gasteiger partial charge in [-0.3, -0.25) is 4.90 Å². The van der Waals surface area contributed by atoms with Gasteiger partial charge in [-0.15, -0.1) is 0 Å². The second-order valence-corrected chi connectivity index (χ2v) is 13.3. The monoisotopic (exact) mass is 660 g/mol. The van der Waals surface area contributed by atoms with Crippen molar-refractivity contribution in [3.63, 3.8) is 0 Å². The van der Waals surface area contributed by atoms with Crippen molar-refractivity contribution in [2.45, 2.75) is 76.0 Å². The van der Waals surface area contributed by atoms with Crippen LogP contribution in [0.3, 0.4) is 0 Å². The number of carbonyl (C=O) groups excluding carboxylic acids is 1. The van der Waals surface area contributed by atoms with Crippen molar-refractivity contribution in [2.24, 2.45) is 5.73 Å². The van der Waals surface area contributed by atoms with E-state index in [-0.39, 0.29) is 12.1 Å². The van der Waals surface area contributed by atoms with Crippen molar-refractivity contribution in [1.29, 1.82) is 0 Å². The van der Waals surface area contributed by atoms with Crippen LogP contribution < -0.4 is 16.4 Å². The highest BCUT2D eigenvalue weighted by molar-refractivity contribution is 9.08. The summed E-state index contributed by atoms with van der Waals surface area (Å²) in [6.07, 6.45) is 3.93. The van der Waals surface area contributed by atoms with Gasteiger partial charge in [0.25, 0.3) is 0 Å². The molecule has 6 nitrogen and oxygen atoms in total. The van der Waals surface area contributed by atoms with Crippen LogP contribution in [0.2, 0.25) is 0 Å². The molecule has 0 spiro atoms. The third kappa shape index (κ3) is 11.5. The fourth-order valence-electron chi connectivity index (χ4n) is 5.47. The largest absolute Gasteiger partial charge is 0.444 e. The van der Waals surface area contributed by atoms with Crippen LogP contribution >= 0.6 is 15.9 Å². The van der Waals surface area contributed by atoms with E-state index in [4.69, 9.17) is 10.5 Å². The first kappa shape index (κ1) is 33.9. The molecule has 4 aromatic rings. The molecule has 2 saturated heterocycles. The number of halogens is 1. The van der Waals surface area contributed by atoms with Gasteiger partial charge in [0.1, 0.15) is 5.60 Å². The second kappa shape index (κ2) is 16.9. The summed E-state index contributed by atoms with van der Waals surface area (Å²) in [5.74, 6) is 0. The third-order valence-corrected chi connectivity index (χ3v) is 8.53. The molecular formula is C37H49BrN4O2. The number of piperidine rings is 2. The number of alkyl halides is 1. The SMILES string of the molecule is BrCc1ccc2ccccc2c1.CC(C)(C)OC(=O)NC1CCNCC1.NC1CCN(Cc2ccc3ccccc3c2)CC1. The third-order valence-electron chi connectivity index (χ3n) is 7.88. The number of carbonyl (C=O) groups is 1. The lowest BCUT2D eigenvalue weighted by molar-refractivity contribution is 0.0495. The average Bonchev–Trinajstić information content (AvgIpc) is 3.02. The van der Waals surface area contributed by atoms with E-state index >= 15 is 0 Å². The standard InChI is InChI=1S/C16H20N2.C11H9Br.C10H20N2O2/c17-16-7-9-18(10-8-16)12-13-5-6-14-3-1-2-4-15(14)11-13;12-8-9-5-6-10-3-1-2-4-11(10)7-9;1-10(2,3)14-9(13)12-8-4-6-11-7-5-8/h1-6,11,16H,7-10,12,17H2;1-7H,8H2;8,11H,4-7H2,1-3H3,(H,12,13). The smallest absolute Gasteiger partial charge is 0.407 e. The molecule has 0 aliphatic carbocycles. The van der Waals surface area contributed by atoms with Gasteiger partial charge in [-0.25, -0.2) is 4.79 Å². The molecule has 1 amide bonds. The summed E-state index contributed by atoms with van der Waals surface area (Å²) in [7, 11) is 0. The first-order chi connectivity index (χ1) is 21.2. The highest BCUT2D eigenvalue weighted by atomic mass is 79.9. The maximum Gasteiger partial charge on any atom is 0.407 e. The van der Waals surface area contributed by atoms with Gasteiger partial charge >= 0.3 is 6.09 Å².